The topological polar surface area (TPSA) is 88.2 Å². The first-order valence-corrected chi connectivity index (χ1v) is 9.88. The van der Waals surface area contributed by atoms with Crippen LogP contribution in [0, 0.1) is 0 Å². The van der Waals surface area contributed by atoms with E-state index in [0.717, 1.165) is 0 Å². The van der Waals surface area contributed by atoms with E-state index < -0.39 is 11.7 Å². The van der Waals surface area contributed by atoms with Gasteiger partial charge in [0.05, 0.1) is 12.7 Å². The number of carbonyl (C=O) groups is 3. The molecule has 0 saturated carbocycles. The van der Waals surface area contributed by atoms with Crippen LogP contribution in [-0.4, -0.2) is 73.1 Å². The maximum atomic E-state index is 12.9. The quantitative estimate of drug-likeness (QED) is 0.812. The lowest BCUT2D eigenvalue weighted by Gasteiger charge is -2.23. The molecule has 8 heteroatoms. The van der Waals surface area contributed by atoms with E-state index >= 15 is 0 Å². The van der Waals surface area contributed by atoms with Gasteiger partial charge in [0.1, 0.15) is 11.4 Å². The SMILES string of the molecule is COc1ccccc1C(=O)N1CCCN(C(=O)CCNC(=O)OC(C)(C)C)CC1. The van der Waals surface area contributed by atoms with Crippen LogP contribution in [0.15, 0.2) is 24.3 Å². The Hall–Kier alpha value is -2.77. The molecule has 29 heavy (non-hydrogen) atoms. The van der Waals surface area contributed by atoms with Crippen molar-refractivity contribution in [2.24, 2.45) is 0 Å². The number of methoxy groups -OCH3 is 1. The van der Waals surface area contributed by atoms with Crippen LogP contribution in [-0.2, 0) is 9.53 Å². The summed E-state index contributed by atoms with van der Waals surface area (Å²) in [6, 6.07) is 7.14. The van der Waals surface area contributed by atoms with Gasteiger partial charge in [0.15, 0.2) is 0 Å². The number of hydrogen-bond acceptors (Lipinski definition) is 5. The summed E-state index contributed by atoms with van der Waals surface area (Å²) in [6.45, 7) is 7.66. The van der Waals surface area contributed by atoms with Crippen LogP contribution in [0.3, 0.4) is 0 Å². The first kappa shape index (κ1) is 22.5. The summed E-state index contributed by atoms with van der Waals surface area (Å²) < 4.78 is 10.4. The zero-order valence-electron chi connectivity index (χ0n) is 17.7. The predicted molar refractivity (Wildman–Crippen MR) is 109 cm³/mol. The number of nitrogens with one attached hydrogen (secondary N) is 1. The third kappa shape index (κ3) is 6.96. The van der Waals surface area contributed by atoms with E-state index in [-0.39, 0.29) is 24.8 Å². The molecule has 160 valence electrons. The smallest absolute Gasteiger partial charge is 0.407 e. The molecule has 0 spiro atoms. The summed E-state index contributed by atoms with van der Waals surface area (Å²) in [5.41, 5.74) is -0.0487. The molecule has 2 rings (SSSR count). The molecular weight excluding hydrogens is 374 g/mol. The molecule has 0 unspecified atom stereocenters. The van der Waals surface area contributed by atoms with Crippen LogP contribution < -0.4 is 10.1 Å². The summed E-state index contributed by atoms with van der Waals surface area (Å²) in [5, 5.41) is 2.60. The van der Waals surface area contributed by atoms with Gasteiger partial charge in [0.2, 0.25) is 5.91 Å². The fourth-order valence-electron chi connectivity index (χ4n) is 3.11. The molecule has 0 aliphatic carbocycles. The second-order valence-electron chi connectivity index (χ2n) is 7.91. The normalized spacial score (nSPS) is 14.8. The highest BCUT2D eigenvalue weighted by atomic mass is 16.6. The Bertz CT molecular complexity index is 729. The highest BCUT2D eigenvalue weighted by molar-refractivity contribution is 5.97. The van der Waals surface area contributed by atoms with Crippen molar-refractivity contribution in [2.75, 3.05) is 39.8 Å². The molecule has 0 aromatic heterocycles. The maximum absolute atomic E-state index is 12.9. The van der Waals surface area contributed by atoms with Crippen LogP contribution >= 0.6 is 0 Å². The number of ether oxygens (including phenoxy) is 2. The minimum absolute atomic E-state index is 0.0485. The molecule has 1 N–H and O–H groups in total. The average Bonchev–Trinajstić information content (AvgIpc) is 2.92. The first-order valence-electron chi connectivity index (χ1n) is 9.88. The van der Waals surface area contributed by atoms with Crippen LogP contribution in [0.5, 0.6) is 5.75 Å². The van der Waals surface area contributed by atoms with Gasteiger partial charge in [-0.1, -0.05) is 12.1 Å². The van der Waals surface area contributed by atoms with E-state index in [1.165, 1.54) is 0 Å². The number of benzene rings is 1. The summed E-state index contributed by atoms with van der Waals surface area (Å²) >= 11 is 0. The fraction of sp³-hybridized carbons (Fsp3) is 0.571. The summed E-state index contributed by atoms with van der Waals surface area (Å²) in [4.78, 5) is 40.5. The van der Waals surface area contributed by atoms with Crippen molar-refractivity contribution >= 4 is 17.9 Å². The molecule has 1 heterocycles. The van der Waals surface area contributed by atoms with E-state index in [4.69, 9.17) is 9.47 Å². The van der Waals surface area contributed by atoms with Gasteiger partial charge in [-0.05, 0) is 39.3 Å². The van der Waals surface area contributed by atoms with Gasteiger partial charge >= 0.3 is 6.09 Å². The maximum Gasteiger partial charge on any atom is 0.407 e. The second kappa shape index (κ2) is 10.1. The largest absolute Gasteiger partial charge is 0.496 e. The zero-order chi connectivity index (χ0) is 21.4. The zero-order valence-corrected chi connectivity index (χ0v) is 17.7. The first-order chi connectivity index (χ1) is 13.7. The summed E-state index contributed by atoms with van der Waals surface area (Å²) in [7, 11) is 1.54. The summed E-state index contributed by atoms with van der Waals surface area (Å²) in [6.07, 6.45) is 0.362. The van der Waals surface area contributed by atoms with Gasteiger partial charge in [-0.2, -0.15) is 0 Å². The molecule has 1 aromatic rings. The standard InChI is InChI=1S/C21H31N3O5/c1-21(2,3)29-20(27)22-11-10-18(25)23-12-7-13-24(15-14-23)19(26)16-8-5-6-9-17(16)28-4/h5-6,8-9H,7,10-15H2,1-4H3,(H,22,27). The van der Waals surface area contributed by atoms with Gasteiger partial charge in [-0.3, -0.25) is 9.59 Å². The van der Waals surface area contributed by atoms with Crippen molar-refractivity contribution in [3.8, 4) is 5.75 Å². The lowest BCUT2D eigenvalue weighted by molar-refractivity contribution is -0.130. The number of hydrogen-bond donors (Lipinski definition) is 1. The molecule has 0 radical (unpaired) electrons. The van der Waals surface area contributed by atoms with Crippen LogP contribution in [0.4, 0.5) is 4.79 Å². The molecule has 1 fully saturated rings. The van der Waals surface area contributed by atoms with Gasteiger partial charge in [0, 0.05) is 39.1 Å². The minimum Gasteiger partial charge on any atom is -0.496 e. The lowest BCUT2D eigenvalue weighted by atomic mass is 10.1. The number of nitrogens with zero attached hydrogens (tertiary/aromatic N) is 2. The Kier molecular flexibility index (Phi) is 7.87. The highest BCUT2D eigenvalue weighted by Crippen LogP contribution is 2.20. The molecule has 1 aromatic carbocycles. The Labute approximate surface area is 172 Å². The number of rotatable bonds is 5. The van der Waals surface area contributed by atoms with Crippen molar-refractivity contribution in [1.29, 1.82) is 0 Å². The molecule has 1 aliphatic rings. The van der Waals surface area contributed by atoms with E-state index in [1.807, 2.05) is 6.07 Å². The number of alkyl carbamates (subject to hydrolysis) is 1. The highest BCUT2D eigenvalue weighted by Gasteiger charge is 2.24. The molecule has 8 nitrogen and oxygen atoms in total. The van der Waals surface area contributed by atoms with Crippen LogP contribution in [0.2, 0.25) is 0 Å². The van der Waals surface area contributed by atoms with E-state index in [9.17, 15) is 14.4 Å². The molecule has 0 bridgehead atoms. The van der Waals surface area contributed by atoms with E-state index in [0.29, 0.717) is 43.9 Å². The van der Waals surface area contributed by atoms with Crippen molar-refractivity contribution in [3.63, 3.8) is 0 Å². The predicted octanol–water partition coefficient (Wildman–Crippen LogP) is 2.28. The monoisotopic (exact) mass is 405 g/mol. The van der Waals surface area contributed by atoms with Gasteiger partial charge in [0.25, 0.3) is 5.91 Å². The van der Waals surface area contributed by atoms with E-state index in [1.54, 1.807) is 55.9 Å². The Morgan fingerprint density at radius 1 is 1.03 bits per heavy atom. The van der Waals surface area contributed by atoms with Crippen molar-refractivity contribution in [2.45, 2.75) is 39.2 Å². The Morgan fingerprint density at radius 2 is 1.69 bits per heavy atom. The van der Waals surface area contributed by atoms with E-state index in [2.05, 4.69) is 5.32 Å². The van der Waals surface area contributed by atoms with Gasteiger partial charge < -0.3 is 24.6 Å². The molecule has 0 atom stereocenters. The molecule has 1 aliphatic heterocycles. The van der Waals surface area contributed by atoms with Crippen LogP contribution in [0.1, 0.15) is 44.0 Å². The fourth-order valence-corrected chi connectivity index (χ4v) is 3.11. The van der Waals surface area contributed by atoms with Gasteiger partial charge in [-0.25, -0.2) is 4.79 Å². The van der Waals surface area contributed by atoms with Crippen molar-refractivity contribution in [1.82, 2.24) is 15.1 Å². The van der Waals surface area contributed by atoms with Gasteiger partial charge in [-0.15, -0.1) is 0 Å². The third-order valence-electron chi connectivity index (χ3n) is 4.48. The summed E-state index contributed by atoms with van der Waals surface area (Å²) in [5.74, 6) is 0.402. The molecule has 3 amide bonds. The lowest BCUT2D eigenvalue weighted by Crippen LogP contribution is -2.39. The van der Waals surface area contributed by atoms with Crippen LogP contribution in [0.25, 0.3) is 0 Å². The average molecular weight is 405 g/mol. The second-order valence-corrected chi connectivity index (χ2v) is 7.91. The number of carbonyl (C=O) groups excluding carboxylic acids is 3. The third-order valence-corrected chi connectivity index (χ3v) is 4.48. The minimum atomic E-state index is -0.573. The van der Waals surface area contributed by atoms with Crippen molar-refractivity contribution in [3.05, 3.63) is 29.8 Å². The Balaban J connectivity index is 1.84. The number of para-hydroxylation sites is 1. The van der Waals surface area contributed by atoms with Crippen molar-refractivity contribution < 1.29 is 23.9 Å². The Morgan fingerprint density at radius 3 is 2.38 bits per heavy atom. The molecule has 1 saturated heterocycles. The number of amides is 3. The molecular formula is C21H31N3O5.